The van der Waals surface area contributed by atoms with Crippen LogP contribution in [0.2, 0.25) is 0 Å². The van der Waals surface area contributed by atoms with E-state index in [9.17, 15) is 9.59 Å². The zero-order valence-electron chi connectivity index (χ0n) is 15.6. The first-order chi connectivity index (χ1) is 14.6. The molecule has 1 aliphatic rings. The molecule has 0 N–H and O–H groups in total. The molecule has 5 rings (SSSR count). The molecule has 0 atom stereocenters. The van der Waals surface area contributed by atoms with Crippen molar-refractivity contribution in [2.45, 2.75) is 13.2 Å². The molecule has 0 fully saturated rings. The summed E-state index contributed by atoms with van der Waals surface area (Å²) in [4.78, 5) is 29.3. The van der Waals surface area contributed by atoms with Gasteiger partial charge in [-0.15, -0.1) is 0 Å². The van der Waals surface area contributed by atoms with Gasteiger partial charge in [0.05, 0.1) is 6.33 Å². The topological polar surface area (TPSA) is 92.8 Å². The summed E-state index contributed by atoms with van der Waals surface area (Å²) in [6.07, 6.45) is 1.33. The third kappa shape index (κ3) is 3.30. The van der Waals surface area contributed by atoms with Crippen molar-refractivity contribution in [3.8, 4) is 11.5 Å². The third-order valence-corrected chi connectivity index (χ3v) is 5.49. The smallest absolute Gasteiger partial charge is 0.326 e. The predicted molar refractivity (Wildman–Crippen MR) is 111 cm³/mol. The first kappa shape index (κ1) is 18.7. The van der Waals surface area contributed by atoms with E-state index in [1.807, 2.05) is 18.2 Å². The van der Waals surface area contributed by atoms with Crippen LogP contribution in [0.3, 0.4) is 0 Å². The summed E-state index contributed by atoms with van der Waals surface area (Å²) in [6.45, 7) is 0.701. The number of hydrogen-bond donors (Lipinski definition) is 0. The number of halogens is 1. The van der Waals surface area contributed by atoms with Gasteiger partial charge in [-0.2, -0.15) is 0 Å². The lowest BCUT2D eigenvalue weighted by molar-refractivity contribution is -0.145. The molecule has 152 valence electrons. The average molecular weight is 471 g/mol. The standard InChI is InChI=1S/C21H15BrN2O6/c22-14-8-17-16(27-5-6-28-17)7-12(14)10-29-18(25)9-24-11-23-19-13-3-1-2-4-15(13)30-20(19)21(24)26/h1-4,7-8,11H,5-6,9-10H2. The average Bonchev–Trinajstić information content (AvgIpc) is 3.14. The van der Waals surface area contributed by atoms with Gasteiger partial charge in [0, 0.05) is 15.4 Å². The molecule has 0 spiro atoms. The maximum atomic E-state index is 12.7. The number of aromatic nitrogens is 2. The molecule has 8 nitrogen and oxygen atoms in total. The van der Waals surface area contributed by atoms with Crippen molar-refractivity contribution in [3.05, 3.63) is 63.1 Å². The van der Waals surface area contributed by atoms with Crippen LogP contribution in [0.1, 0.15) is 5.56 Å². The van der Waals surface area contributed by atoms with Gasteiger partial charge in [-0.1, -0.05) is 28.1 Å². The number of carbonyl (C=O) groups excluding carboxylic acids is 1. The predicted octanol–water partition coefficient (Wildman–Crippen LogP) is 3.42. The van der Waals surface area contributed by atoms with Crippen molar-refractivity contribution >= 4 is 44.0 Å². The Labute approximate surface area is 178 Å². The summed E-state index contributed by atoms with van der Waals surface area (Å²) in [5.74, 6) is 0.669. The number of rotatable bonds is 4. The van der Waals surface area contributed by atoms with E-state index in [4.69, 9.17) is 18.6 Å². The van der Waals surface area contributed by atoms with Crippen LogP contribution in [0.15, 0.2) is 56.4 Å². The molecular formula is C21H15BrN2O6. The van der Waals surface area contributed by atoms with Gasteiger partial charge in [0.2, 0.25) is 5.58 Å². The Kier molecular flexibility index (Phi) is 4.66. The maximum absolute atomic E-state index is 12.7. The number of benzene rings is 2. The fourth-order valence-electron chi connectivity index (χ4n) is 3.29. The van der Waals surface area contributed by atoms with Crippen LogP contribution in [0.5, 0.6) is 11.5 Å². The minimum atomic E-state index is -0.573. The Morgan fingerprint density at radius 1 is 1.17 bits per heavy atom. The number of carbonyl (C=O) groups is 1. The van der Waals surface area contributed by atoms with Crippen LogP contribution in [-0.4, -0.2) is 28.7 Å². The van der Waals surface area contributed by atoms with Gasteiger partial charge in [-0.25, -0.2) is 4.98 Å². The number of nitrogens with zero attached hydrogens (tertiary/aromatic N) is 2. The zero-order chi connectivity index (χ0) is 20.7. The summed E-state index contributed by atoms with van der Waals surface area (Å²) in [5.41, 5.74) is 1.45. The van der Waals surface area contributed by atoms with Crippen LogP contribution in [-0.2, 0) is 22.7 Å². The van der Waals surface area contributed by atoms with E-state index < -0.39 is 11.5 Å². The Morgan fingerprint density at radius 3 is 2.77 bits per heavy atom. The van der Waals surface area contributed by atoms with Crippen molar-refractivity contribution < 1.29 is 23.4 Å². The van der Waals surface area contributed by atoms with Crippen molar-refractivity contribution in [1.29, 1.82) is 0 Å². The van der Waals surface area contributed by atoms with E-state index in [1.54, 1.807) is 18.2 Å². The summed E-state index contributed by atoms with van der Waals surface area (Å²) >= 11 is 3.44. The lowest BCUT2D eigenvalue weighted by Gasteiger charge is -2.19. The molecule has 30 heavy (non-hydrogen) atoms. The number of ether oxygens (including phenoxy) is 3. The number of fused-ring (bicyclic) bond motifs is 4. The normalized spacial score (nSPS) is 13.0. The number of esters is 1. The minimum absolute atomic E-state index is 0.0190. The molecule has 0 saturated carbocycles. The molecule has 1 aliphatic heterocycles. The SMILES string of the molecule is O=C(Cn1cnc2c(oc3ccccc32)c1=O)OCc1cc2c(cc1Br)OCCO2. The fraction of sp³-hybridized carbons (Fsp3) is 0.190. The zero-order valence-corrected chi connectivity index (χ0v) is 17.2. The highest BCUT2D eigenvalue weighted by Crippen LogP contribution is 2.35. The van der Waals surface area contributed by atoms with Crippen molar-refractivity contribution in [1.82, 2.24) is 9.55 Å². The van der Waals surface area contributed by atoms with Crippen molar-refractivity contribution in [3.63, 3.8) is 0 Å². The van der Waals surface area contributed by atoms with Crippen molar-refractivity contribution in [2.75, 3.05) is 13.2 Å². The molecule has 9 heteroatoms. The number of hydrogen-bond acceptors (Lipinski definition) is 7. The molecule has 3 heterocycles. The Bertz CT molecular complexity index is 1340. The molecule has 0 saturated heterocycles. The van der Waals surface area contributed by atoms with Gasteiger partial charge in [-0.05, 0) is 24.3 Å². The molecule has 0 unspecified atom stereocenters. The first-order valence-electron chi connectivity index (χ1n) is 9.20. The van der Waals surface area contributed by atoms with Crippen LogP contribution < -0.4 is 15.0 Å². The summed E-state index contributed by atoms with van der Waals surface area (Å²) in [5, 5.41) is 0.753. The second-order valence-electron chi connectivity index (χ2n) is 6.70. The Balaban J connectivity index is 1.33. The third-order valence-electron chi connectivity index (χ3n) is 4.75. The second-order valence-corrected chi connectivity index (χ2v) is 7.56. The maximum Gasteiger partial charge on any atom is 0.326 e. The van der Waals surface area contributed by atoms with Gasteiger partial charge >= 0.3 is 5.97 Å². The van der Waals surface area contributed by atoms with E-state index in [2.05, 4.69) is 20.9 Å². The van der Waals surface area contributed by atoms with Gasteiger partial charge in [-0.3, -0.25) is 14.2 Å². The van der Waals surface area contributed by atoms with Gasteiger partial charge < -0.3 is 18.6 Å². The Morgan fingerprint density at radius 2 is 1.93 bits per heavy atom. The molecule has 0 amide bonds. The van der Waals surface area contributed by atoms with Crippen LogP contribution in [0.4, 0.5) is 0 Å². The van der Waals surface area contributed by atoms with Gasteiger partial charge in [0.25, 0.3) is 5.56 Å². The largest absolute Gasteiger partial charge is 0.486 e. The van der Waals surface area contributed by atoms with Crippen LogP contribution in [0, 0.1) is 0 Å². The summed E-state index contributed by atoms with van der Waals surface area (Å²) in [7, 11) is 0. The van der Waals surface area contributed by atoms with Gasteiger partial charge in [0.1, 0.15) is 37.5 Å². The molecular weight excluding hydrogens is 456 g/mol. The highest BCUT2D eigenvalue weighted by molar-refractivity contribution is 9.10. The first-order valence-corrected chi connectivity index (χ1v) is 10.00. The summed E-state index contributed by atoms with van der Waals surface area (Å²) in [6, 6.07) is 10.8. The molecule has 2 aromatic carbocycles. The molecule has 0 aliphatic carbocycles. The number of para-hydroxylation sites is 1. The molecule has 0 bridgehead atoms. The van der Waals surface area contributed by atoms with Crippen LogP contribution in [0.25, 0.3) is 22.1 Å². The minimum Gasteiger partial charge on any atom is -0.486 e. The highest BCUT2D eigenvalue weighted by atomic mass is 79.9. The van der Waals surface area contributed by atoms with E-state index in [1.165, 1.54) is 10.9 Å². The van der Waals surface area contributed by atoms with Gasteiger partial charge in [0.15, 0.2) is 11.5 Å². The summed E-state index contributed by atoms with van der Waals surface area (Å²) < 4.78 is 24.0. The van der Waals surface area contributed by atoms with E-state index in [-0.39, 0.29) is 18.7 Å². The number of furan rings is 1. The fourth-order valence-corrected chi connectivity index (χ4v) is 3.72. The lowest BCUT2D eigenvalue weighted by Crippen LogP contribution is -2.25. The highest BCUT2D eigenvalue weighted by Gasteiger charge is 2.17. The van der Waals surface area contributed by atoms with Crippen molar-refractivity contribution in [2.24, 2.45) is 0 Å². The Hall–Kier alpha value is -3.33. The van der Waals surface area contributed by atoms with E-state index >= 15 is 0 Å². The van der Waals surface area contributed by atoms with Crippen LogP contribution >= 0.6 is 15.9 Å². The van der Waals surface area contributed by atoms with E-state index in [0.29, 0.717) is 35.8 Å². The monoisotopic (exact) mass is 470 g/mol. The second kappa shape index (κ2) is 7.49. The molecule has 0 radical (unpaired) electrons. The molecule has 2 aromatic heterocycles. The lowest BCUT2D eigenvalue weighted by atomic mass is 10.2. The molecule has 4 aromatic rings. The quantitative estimate of drug-likeness (QED) is 0.421. The van der Waals surface area contributed by atoms with E-state index in [0.717, 1.165) is 15.4 Å².